The van der Waals surface area contributed by atoms with Crippen molar-refractivity contribution in [2.75, 3.05) is 5.32 Å². The van der Waals surface area contributed by atoms with Crippen LogP contribution in [-0.2, 0) is 0 Å². The van der Waals surface area contributed by atoms with E-state index in [4.69, 9.17) is 21.1 Å². The topological polar surface area (TPSA) is 85.8 Å². The lowest BCUT2D eigenvalue weighted by Gasteiger charge is -2.01. The van der Waals surface area contributed by atoms with Crippen LogP contribution < -0.4 is 5.32 Å². The van der Waals surface area contributed by atoms with E-state index in [-0.39, 0.29) is 11.7 Å². The quantitative estimate of drug-likeness (QED) is 0.243. The summed E-state index contributed by atoms with van der Waals surface area (Å²) in [6.45, 7) is 5.92. The van der Waals surface area contributed by atoms with Gasteiger partial charge in [0.05, 0.1) is 11.3 Å². The number of furan rings is 1. The molecule has 1 amide bonds. The summed E-state index contributed by atoms with van der Waals surface area (Å²) in [4.78, 5) is 13.2. The standard InChI is InChI=1S/C29H22ClN5O2S/c1-16-13-17(2)24-18(3)26(37-23(24)14-16)27(36)31-29-33-32-28(38-29)22-15-35(21-7-5-4-6-8-21)34-25(22)19-9-11-20(30)12-10-19/h4-15H,1-3H3,(H,31,33,36). The molecule has 9 heteroatoms. The van der Waals surface area contributed by atoms with E-state index < -0.39 is 0 Å². The molecule has 0 aliphatic carbocycles. The summed E-state index contributed by atoms with van der Waals surface area (Å²) in [5, 5.41) is 18.9. The van der Waals surface area contributed by atoms with Gasteiger partial charge in [-0.25, -0.2) is 4.68 Å². The molecule has 188 valence electrons. The fraction of sp³-hybridized carbons (Fsp3) is 0.103. The minimum absolute atomic E-state index is 0.268. The molecule has 7 nitrogen and oxygen atoms in total. The first-order chi connectivity index (χ1) is 18.4. The van der Waals surface area contributed by atoms with Crippen molar-refractivity contribution >= 4 is 44.9 Å². The first-order valence-electron chi connectivity index (χ1n) is 11.9. The molecule has 0 unspecified atom stereocenters. The molecule has 0 bridgehead atoms. The van der Waals surface area contributed by atoms with Gasteiger partial charge >= 0.3 is 0 Å². The maximum Gasteiger partial charge on any atom is 0.293 e. The Labute approximate surface area is 227 Å². The molecule has 6 aromatic rings. The van der Waals surface area contributed by atoms with Gasteiger partial charge in [-0.05, 0) is 62.2 Å². The minimum atomic E-state index is -0.364. The minimum Gasteiger partial charge on any atom is -0.451 e. The Hall–Kier alpha value is -4.27. The number of hydrogen-bond donors (Lipinski definition) is 1. The Kier molecular flexibility index (Phi) is 6.06. The summed E-state index contributed by atoms with van der Waals surface area (Å²) in [7, 11) is 0. The number of benzene rings is 3. The zero-order valence-corrected chi connectivity index (χ0v) is 22.4. The molecule has 0 saturated carbocycles. The van der Waals surface area contributed by atoms with E-state index in [2.05, 4.69) is 21.6 Å². The number of nitrogens with one attached hydrogen (secondary N) is 1. The van der Waals surface area contributed by atoms with Crippen LogP contribution >= 0.6 is 22.9 Å². The number of carbonyl (C=O) groups excluding carboxylic acids is 1. The average Bonchev–Trinajstić information content (AvgIpc) is 3.62. The lowest BCUT2D eigenvalue weighted by Crippen LogP contribution is -2.11. The van der Waals surface area contributed by atoms with E-state index in [1.807, 2.05) is 87.6 Å². The molecule has 0 aliphatic heterocycles. The van der Waals surface area contributed by atoms with Crippen molar-refractivity contribution < 1.29 is 9.21 Å². The molecule has 1 N–H and O–H groups in total. The van der Waals surface area contributed by atoms with Gasteiger partial charge < -0.3 is 4.42 Å². The molecular weight excluding hydrogens is 518 g/mol. The molecule has 0 aliphatic rings. The van der Waals surface area contributed by atoms with Crippen molar-refractivity contribution in [2.45, 2.75) is 20.8 Å². The number of anilines is 1. The molecular formula is C29H22ClN5O2S. The average molecular weight is 540 g/mol. The van der Waals surface area contributed by atoms with Gasteiger partial charge in [-0.2, -0.15) is 5.10 Å². The lowest BCUT2D eigenvalue weighted by molar-refractivity contribution is 0.0998. The van der Waals surface area contributed by atoms with E-state index in [1.54, 1.807) is 4.68 Å². The fourth-order valence-electron chi connectivity index (χ4n) is 4.61. The van der Waals surface area contributed by atoms with Gasteiger partial charge in [-0.15, -0.1) is 10.2 Å². The SMILES string of the molecule is Cc1cc(C)c2c(C)c(C(=O)Nc3nnc(-c4cn(-c5ccccc5)nc4-c4ccc(Cl)cc4)s3)oc2c1. The number of hydrogen-bond acceptors (Lipinski definition) is 6. The Morgan fingerprint density at radius 1 is 1.00 bits per heavy atom. The largest absolute Gasteiger partial charge is 0.451 e. The summed E-state index contributed by atoms with van der Waals surface area (Å²) in [5.74, 6) is -0.0967. The number of rotatable bonds is 5. The second-order valence-corrected chi connectivity index (χ2v) is 10.5. The van der Waals surface area contributed by atoms with Gasteiger partial charge in [0, 0.05) is 27.7 Å². The van der Waals surface area contributed by atoms with Crippen molar-refractivity contribution in [3.05, 3.63) is 100 Å². The van der Waals surface area contributed by atoms with Crippen LogP contribution in [0.5, 0.6) is 0 Å². The summed E-state index contributed by atoms with van der Waals surface area (Å²) < 4.78 is 7.75. The number of carbonyl (C=O) groups is 1. The number of aromatic nitrogens is 4. The normalized spacial score (nSPS) is 11.3. The van der Waals surface area contributed by atoms with E-state index in [9.17, 15) is 4.79 Å². The third-order valence-electron chi connectivity index (χ3n) is 6.31. The van der Waals surface area contributed by atoms with Crippen LogP contribution in [0.1, 0.15) is 27.2 Å². The van der Waals surface area contributed by atoms with E-state index in [1.165, 1.54) is 11.3 Å². The van der Waals surface area contributed by atoms with Crippen LogP contribution in [0.4, 0.5) is 5.13 Å². The monoisotopic (exact) mass is 539 g/mol. The Morgan fingerprint density at radius 2 is 1.76 bits per heavy atom. The molecule has 38 heavy (non-hydrogen) atoms. The van der Waals surface area contributed by atoms with Gasteiger partial charge in [-0.3, -0.25) is 10.1 Å². The summed E-state index contributed by atoms with van der Waals surface area (Å²) in [6.07, 6.45) is 1.92. The molecule has 0 radical (unpaired) electrons. The number of halogens is 1. The van der Waals surface area contributed by atoms with Crippen LogP contribution in [0.2, 0.25) is 5.02 Å². The molecule has 6 rings (SSSR count). The van der Waals surface area contributed by atoms with Crippen molar-refractivity contribution in [3.8, 4) is 27.5 Å². The molecule has 0 spiro atoms. The predicted molar refractivity (Wildman–Crippen MR) is 151 cm³/mol. The summed E-state index contributed by atoms with van der Waals surface area (Å²) >= 11 is 7.39. The maximum atomic E-state index is 13.2. The van der Waals surface area contributed by atoms with Crippen molar-refractivity contribution in [2.24, 2.45) is 0 Å². The first kappa shape index (κ1) is 24.1. The van der Waals surface area contributed by atoms with Crippen LogP contribution in [0.15, 0.2) is 77.3 Å². The van der Waals surface area contributed by atoms with Crippen molar-refractivity contribution in [1.29, 1.82) is 0 Å². The number of aryl methyl sites for hydroxylation is 3. The van der Waals surface area contributed by atoms with Crippen LogP contribution in [0.3, 0.4) is 0 Å². The smallest absolute Gasteiger partial charge is 0.293 e. The number of fused-ring (bicyclic) bond motifs is 1. The van der Waals surface area contributed by atoms with Crippen LogP contribution in [0, 0.1) is 20.8 Å². The second-order valence-electron chi connectivity index (χ2n) is 9.06. The molecule has 3 aromatic heterocycles. The molecule has 3 heterocycles. The van der Waals surface area contributed by atoms with Gasteiger partial charge in [0.15, 0.2) is 10.8 Å². The molecule has 0 atom stereocenters. The third kappa shape index (κ3) is 4.38. The Balaban J connectivity index is 1.35. The fourth-order valence-corrected chi connectivity index (χ4v) is 5.48. The molecule has 0 saturated heterocycles. The van der Waals surface area contributed by atoms with Crippen molar-refractivity contribution in [1.82, 2.24) is 20.0 Å². The van der Waals surface area contributed by atoms with E-state index in [0.29, 0.717) is 20.7 Å². The van der Waals surface area contributed by atoms with Gasteiger partial charge in [0.25, 0.3) is 5.91 Å². The van der Waals surface area contributed by atoms with Crippen molar-refractivity contribution in [3.63, 3.8) is 0 Å². The lowest BCUT2D eigenvalue weighted by atomic mass is 10.0. The maximum absolute atomic E-state index is 13.2. The number of nitrogens with zero attached hydrogens (tertiary/aromatic N) is 4. The second kappa shape index (κ2) is 9.55. The zero-order valence-electron chi connectivity index (χ0n) is 20.8. The molecule has 0 fully saturated rings. The van der Waals surface area contributed by atoms with Gasteiger partial charge in [0.2, 0.25) is 5.13 Å². The van der Waals surface area contributed by atoms with Gasteiger partial charge in [0.1, 0.15) is 11.3 Å². The zero-order chi connectivity index (χ0) is 26.4. The predicted octanol–water partition coefficient (Wildman–Crippen LogP) is 7.63. The summed E-state index contributed by atoms with van der Waals surface area (Å²) in [5.41, 5.74) is 6.98. The Morgan fingerprint density at radius 3 is 2.53 bits per heavy atom. The van der Waals surface area contributed by atoms with E-state index >= 15 is 0 Å². The van der Waals surface area contributed by atoms with Gasteiger partial charge in [-0.1, -0.05) is 59.3 Å². The third-order valence-corrected chi connectivity index (χ3v) is 7.43. The molecule has 3 aromatic carbocycles. The Bertz CT molecular complexity index is 1800. The van der Waals surface area contributed by atoms with Crippen LogP contribution in [-0.4, -0.2) is 25.9 Å². The number of amides is 1. The van der Waals surface area contributed by atoms with E-state index in [0.717, 1.165) is 44.6 Å². The summed E-state index contributed by atoms with van der Waals surface area (Å²) in [6, 6.07) is 21.3. The van der Waals surface area contributed by atoms with Crippen LogP contribution in [0.25, 0.3) is 38.5 Å². The highest BCUT2D eigenvalue weighted by molar-refractivity contribution is 7.18. The first-order valence-corrected chi connectivity index (χ1v) is 13.1. The highest BCUT2D eigenvalue weighted by Gasteiger charge is 2.22. The highest BCUT2D eigenvalue weighted by atomic mass is 35.5. The highest BCUT2D eigenvalue weighted by Crippen LogP contribution is 2.36. The number of para-hydroxylation sites is 1.